The molecule has 0 amide bonds. The number of nitrogens with one attached hydrogen (secondary N) is 2. The number of aliphatic imine (C=N–C) groups is 1. The van der Waals surface area contributed by atoms with Crippen LogP contribution in [0.1, 0.15) is 38.2 Å². The van der Waals surface area contributed by atoms with Gasteiger partial charge in [0.2, 0.25) is 0 Å². The van der Waals surface area contributed by atoms with Gasteiger partial charge in [-0.3, -0.25) is 13.9 Å². The summed E-state index contributed by atoms with van der Waals surface area (Å²) >= 11 is 0. The van der Waals surface area contributed by atoms with Crippen LogP contribution in [0.5, 0.6) is 0 Å². The average Bonchev–Trinajstić information content (AvgIpc) is 2.98. The second kappa shape index (κ2) is 11.1. The first kappa shape index (κ1) is 21.4. The number of nitrogens with zero attached hydrogens (tertiary/aromatic N) is 3. The maximum atomic E-state index is 12.0. The normalized spacial score (nSPS) is 22.5. The Hall–Kier alpha value is -0.640. The molecule has 1 aromatic rings. The predicted octanol–water partition coefficient (Wildman–Crippen LogP) is 2.05. The van der Waals surface area contributed by atoms with Gasteiger partial charge in [0, 0.05) is 47.6 Å². The maximum Gasteiger partial charge on any atom is 0.191 e. The zero-order valence-electron chi connectivity index (χ0n) is 14.8. The molecule has 0 spiro atoms. The SMILES string of the molecule is CCS(=O)C1CCCC(NC(=NC)NCCn2cc(C)cn2)C1.I. The number of hydrogen-bond acceptors (Lipinski definition) is 3. The molecule has 1 aromatic heterocycles. The van der Waals surface area contributed by atoms with E-state index in [1.165, 1.54) is 5.56 Å². The third kappa shape index (κ3) is 6.70. The highest BCUT2D eigenvalue weighted by Gasteiger charge is 2.25. The second-order valence-electron chi connectivity index (χ2n) is 6.08. The molecule has 24 heavy (non-hydrogen) atoms. The van der Waals surface area contributed by atoms with Gasteiger partial charge in [0.05, 0.1) is 12.7 Å². The van der Waals surface area contributed by atoms with Crippen molar-refractivity contribution in [1.82, 2.24) is 20.4 Å². The van der Waals surface area contributed by atoms with Crippen LogP contribution in [-0.2, 0) is 17.3 Å². The lowest BCUT2D eigenvalue weighted by atomic mass is 9.95. The molecule has 2 rings (SSSR count). The molecule has 6 nitrogen and oxygen atoms in total. The fraction of sp³-hybridized carbons (Fsp3) is 0.750. The van der Waals surface area contributed by atoms with Crippen LogP contribution in [0.25, 0.3) is 0 Å². The van der Waals surface area contributed by atoms with E-state index in [1.807, 2.05) is 30.9 Å². The van der Waals surface area contributed by atoms with Crippen LogP contribution in [-0.4, -0.2) is 50.6 Å². The van der Waals surface area contributed by atoms with E-state index in [0.29, 0.717) is 11.3 Å². The summed E-state index contributed by atoms with van der Waals surface area (Å²) < 4.78 is 14.0. The first-order valence-corrected chi connectivity index (χ1v) is 9.84. The van der Waals surface area contributed by atoms with E-state index in [0.717, 1.165) is 50.5 Å². The van der Waals surface area contributed by atoms with Gasteiger partial charge in [0.25, 0.3) is 0 Å². The van der Waals surface area contributed by atoms with Crippen LogP contribution in [0.15, 0.2) is 17.4 Å². The molecule has 1 fully saturated rings. The van der Waals surface area contributed by atoms with Crippen LogP contribution in [0.2, 0.25) is 0 Å². The van der Waals surface area contributed by atoms with Crippen molar-refractivity contribution in [1.29, 1.82) is 0 Å². The lowest BCUT2D eigenvalue weighted by Crippen LogP contribution is -2.47. The van der Waals surface area contributed by atoms with Crippen molar-refractivity contribution in [3.8, 4) is 0 Å². The summed E-state index contributed by atoms with van der Waals surface area (Å²) in [6.07, 6.45) is 8.21. The van der Waals surface area contributed by atoms with Gasteiger partial charge >= 0.3 is 0 Å². The summed E-state index contributed by atoms with van der Waals surface area (Å²) in [5, 5.41) is 11.4. The Labute approximate surface area is 164 Å². The zero-order chi connectivity index (χ0) is 16.7. The lowest BCUT2D eigenvalue weighted by molar-refractivity contribution is 0.413. The standard InChI is InChI=1S/C16H29N5OS.HI/c1-4-23(22)15-7-5-6-14(10-15)20-16(17-3)18-8-9-21-12-13(2)11-19-21;/h11-12,14-15H,4-10H2,1-3H3,(H2,17,18,20);1H. The lowest BCUT2D eigenvalue weighted by Gasteiger charge is -2.30. The van der Waals surface area contributed by atoms with Gasteiger partial charge in [-0.2, -0.15) is 5.10 Å². The highest BCUT2D eigenvalue weighted by Crippen LogP contribution is 2.22. The molecule has 2 N–H and O–H groups in total. The van der Waals surface area contributed by atoms with Crippen LogP contribution in [0.3, 0.4) is 0 Å². The van der Waals surface area contributed by atoms with Gasteiger partial charge in [-0.25, -0.2) is 0 Å². The summed E-state index contributed by atoms with van der Waals surface area (Å²) in [5.74, 6) is 1.58. The van der Waals surface area contributed by atoms with Gasteiger partial charge in [-0.1, -0.05) is 13.3 Å². The molecule has 3 atom stereocenters. The summed E-state index contributed by atoms with van der Waals surface area (Å²) in [6, 6.07) is 0.363. The van der Waals surface area contributed by atoms with E-state index in [9.17, 15) is 4.21 Å². The minimum atomic E-state index is -0.691. The Balaban J connectivity index is 0.00000288. The monoisotopic (exact) mass is 467 g/mol. The average molecular weight is 467 g/mol. The molecule has 1 aliphatic rings. The van der Waals surface area contributed by atoms with E-state index in [2.05, 4.69) is 20.7 Å². The van der Waals surface area contributed by atoms with Gasteiger partial charge < -0.3 is 10.6 Å². The Bertz CT molecular complexity index is 548. The minimum absolute atomic E-state index is 0. The number of halogens is 1. The quantitative estimate of drug-likeness (QED) is 0.382. The Morgan fingerprint density at radius 1 is 1.50 bits per heavy atom. The van der Waals surface area contributed by atoms with Gasteiger partial charge in [-0.05, 0) is 31.7 Å². The molecule has 138 valence electrons. The molecule has 0 bridgehead atoms. The third-order valence-corrected chi connectivity index (χ3v) is 5.98. The molecule has 8 heteroatoms. The molecule has 1 saturated carbocycles. The Morgan fingerprint density at radius 2 is 2.29 bits per heavy atom. The smallest absolute Gasteiger partial charge is 0.191 e. The van der Waals surface area contributed by atoms with Crippen molar-refractivity contribution < 1.29 is 4.21 Å². The van der Waals surface area contributed by atoms with Crippen molar-refractivity contribution in [2.24, 2.45) is 4.99 Å². The van der Waals surface area contributed by atoms with Crippen LogP contribution < -0.4 is 10.6 Å². The van der Waals surface area contributed by atoms with Crippen LogP contribution >= 0.6 is 24.0 Å². The molecule has 0 aliphatic heterocycles. The predicted molar refractivity (Wildman–Crippen MR) is 112 cm³/mol. The summed E-state index contributed by atoms with van der Waals surface area (Å²) in [6.45, 7) is 5.63. The molecule has 0 aromatic carbocycles. The van der Waals surface area contributed by atoms with Gasteiger partial charge in [0.15, 0.2) is 5.96 Å². The largest absolute Gasteiger partial charge is 0.355 e. The third-order valence-electron chi connectivity index (χ3n) is 4.24. The molecule has 1 aliphatic carbocycles. The fourth-order valence-corrected chi connectivity index (χ4v) is 4.36. The van der Waals surface area contributed by atoms with Crippen molar-refractivity contribution in [3.63, 3.8) is 0 Å². The summed E-state index contributed by atoms with van der Waals surface area (Å²) in [7, 11) is 1.10. The van der Waals surface area contributed by atoms with E-state index >= 15 is 0 Å². The van der Waals surface area contributed by atoms with E-state index in [4.69, 9.17) is 0 Å². The zero-order valence-corrected chi connectivity index (χ0v) is 18.0. The highest BCUT2D eigenvalue weighted by atomic mass is 127. The van der Waals surface area contributed by atoms with Crippen molar-refractivity contribution in [3.05, 3.63) is 18.0 Å². The second-order valence-corrected chi connectivity index (χ2v) is 8.08. The summed E-state index contributed by atoms with van der Waals surface area (Å²) in [5.41, 5.74) is 1.17. The summed E-state index contributed by atoms with van der Waals surface area (Å²) in [4.78, 5) is 4.30. The molecule has 0 radical (unpaired) electrons. The van der Waals surface area contributed by atoms with Crippen LogP contribution in [0.4, 0.5) is 0 Å². The highest BCUT2D eigenvalue weighted by molar-refractivity contribution is 14.0. The Kier molecular flexibility index (Phi) is 9.87. The maximum absolute atomic E-state index is 12.0. The van der Waals surface area contributed by atoms with Crippen molar-refractivity contribution in [2.45, 2.75) is 57.4 Å². The number of aryl methyl sites for hydroxylation is 1. The van der Waals surface area contributed by atoms with Gasteiger partial charge in [0.1, 0.15) is 0 Å². The fourth-order valence-electron chi connectivity index (χ4n) is 3.02. The topological polar surface area (TPSA) is 71.3 Å². The van der Waals surface area contributed by atoms with E-state index in [-0.39, 0.29) is 24.0 Å². The first-order chi connectivity index (χ1) is 11.1. The minimum Gasteiger partial charge on any atom is -0.355 e. The van der Waals surface area contributed by atoms with E-state index in [1.54, 1.807) is 7.05 Å². The number of aromatic nitrogens is 2. The van der Waals surface area contributed by atoms with Gasteiger partial charge in [-0.15, -0.1) is 24.0 Å². The first-order valence-electron chi connectivity index (χ1n) is 8.45. The molecule has 3 unspecified atom stereocenters. The molecule has 0 saturated heterocycles. The molecular formula is C16H30IN5OS. The molecule has 1 heterocycles. The van der Waals surface area contributed by atoms with Crippen molar-refractivity contribution in [2.75, 3.05) is 19.3 Å². The van der Waals surface area contributed by atoms with E-state index < -0.39 is 10.8 Å². The molecular weight excluding hydrogens is 437 g/mol. The van der Waals surface area contributed by atoms with Crippen LogP contribution in [0, 0.1) is 6.92 Å². The van der Waals surface area contributed by atoms with Crippen molar-refractivity contribution >= 4 is 40.7 Å². The Morgan fingerprint density at radius 3 is 2.92 bits per heavy atom. The number of hydrogen-bond donors (Lipinski definition) is 2. The number of guanidine groups is 1. The number of rotatable bonds is 6.